The van der Waals surface area contributed by atoms with Crippen molar-refractivity contribution in [2.45, 2.75) is 19.6 Å². The fraction of sp³-hybridized carbons (Fsp3) is 0.316. The molecule has 0 saturated heterocycles. The molecule has 1 heterocycles. The molecule has 1 amide bonds. The molecule has 138 valence electrons. The van der Waals surface area contributed by atoms with E-state index in [4.69, 9.17) is 9.47 Å². The van der Waals surface area contributed by atoms with Crippen molar-refractivity contribution in [2.75, 3.05) is 20.3 Å². The fourth-order valence-corrected chi connectivity index (χ4v) is 2.65. The van der Waals surface area contributed by atoms with Crippen molar-refractivity contribution in [1.82, 2.24) is 4.90 Å². The SMILES string of the molecule is CN(Cc1ccc2c(c1)OCCO2)C(=O)Cc1ccc(OC(F)F)cc1. The molecule has 3 rings (SSSR count). The van der Waals surface area contributed by atoms with E-state index in [2.05, 4.69) is 4.74 Å². The van der Waals surface area contributed by atoms with Crippen molar-refractivity contribution >= 4 is 5.91 Å². The Morgan fingerprint density at radius 1 is 1.08 bits per heavy atom. The van der Waals surface area contributed by atoms with Crippen LogP contribution in [-0.2, 0) is 17.8 Å². The zero-order valence-corrected chi connectivity index (χ0v) is 14.3. The molecule has 0 bridgehead atoms. The van der Waals surface area contributed by atoms with Crippen molar-refractivity contribution in [3.8, 4) is 17.2 Å². The highest BCUT2D eigenvalue weighted by Crippen LogP contribution is 2.31. The van der Waals surface area contributed by atoms with E-state index in [-0.39, 0.29) is 18.1 Å². The molecule has 0 fully saturated rings. The number of carbonyl (C=O) groups is 1. The van der Waals surface area contributed by atoms with Crippen LogP contribution in [0.5, 0.6) is 17.2 Å². The van der Waals surface area contributed by atoms with E-state index in [9.17, 15) is 13.6 Å². The number of benzene rings is 2. The maximum Gasteiger partial charge on any atom is 0.387 e. The summed E-state index contributed by atoms with van der Waals surface area (Å²) in [5.74, 6) is 1.38. The lowest BCUT2D eigenvalue weighted by Gasteiger charge is -2.21. The van der Waals surface area contributed by atoms with E-state index in [0.717, 1.165) is 11.1 Å². The molecule has 2 aromatic rings. The molecule has 0 atom stereocenters. The van der Waals surface area contributed by atoms with Gasteiger partial charge in [-0.2, -0.15) is 8.78 Å². The van der Waals surface area contributed by atoms with Crippen LogP contribution in [0.4, 0.5) is 8.78 Å². The van der Waals surface area contributed by atoms with Gasteiger partial charge in [-0.3, -0.25) is 4.79 Å². The number of hydrogen-bond donors (Lipinski definition) is 0. The van der Waals surface area contributed by atoms with Crippen LogP contribution in [0.25, 0.3) is 0 Å². The lowest BCUT2D eigenvalue weighted by molar-refractivity contribution is -0.129. The monoisotopic (exact) mass is 363 g/mol. The Kier molecular flexibility index (Phi) is 5.55. The molecule has 0 aliphatic carbocycles. The number of amides is 1. The number of alkyl halides is 2. The number of halogens is 2. The normalized spacial score (nSPS) is 12.8. The van der Waals surface area contributed by atoms with Crippen molar-refractivity contribution in [3.63, 3.8) is 0 Å². The molecule has 2 aromatic carbocycles. The zero-order valence-electron chi connectivity index (χ0n) is 14.3. The number of hydrogen-bond acceptors (Lipinski definition) is 4. The van der Waals surface area contributed by atoms with E-state index in [1.54, 1.807) is 24.1 Å². The summed E-state index contributed by atoms with van der Waals surface area (Å²) in [6, 6.07) is 11.7. The molecule has 5 nitrogen and oxygen atoms in total. The molecule has 0 unspecified atom stereocenters. The van der Waals surface area contributed by atoms with Crippen LogP contribution in [0, 0.1) is 0 Å². The molecule has 1 aliphatic heterocycles. The lowest BCUT2D eigenvalue weighted by atomic mass is 10.1. The molecule has 7 heteroatoms. The summed E-state index contributed by atoms with van der Waals surface area (Å²) in [7, 11) is 1.72. The second-order valence-electron chi connectivity index (χ2n) is 5.93. The van der Waals surface area contributed by atoms with E-state index >= 15 is 0 Å². The Bertz CT molecular complexity index is 765. The van der Waals surface area contributed by atoms with Crippen LogP contribution in [0.1, 0.15) is 11.1 Å². The third-order valence-electron chi connectivity index (χ3n) is 3.96. The smallest absolute Gasteiger partial charge is 0.387 e. The number of fused-ring (bicyclic) bond motifs is 1. The Morgan fingerprint density at radius 3 is 2.42 bits per heavy atom. The summed E-state index contributed by atoms with van der Waals surface area (Å²) in [6.07, 6.45) is 0.177. The molecule has 1 aliphatic rings. The third kappa shape index (κ3) is 4.62. The van der Waals surface area contributed by atoms with Crippen LogP contribution >= 0.6 is 0 Å². The van der Waals surface area contributed by atoms with Gasteiger partial charge in [-0.1, -0.05) is 18.2 Å². The molecule has 0 N–H and O–H groups in total. The van der Waals surface area contributed by atoms with Crippen molar-refractivity contribution in [3.05, 3.63) is 53.6 Å². The molecule has 0 spiro atoms. The first-order valence-corrected chi connectivity index (χ1v) is 8.17. The van der Waals surface area contributed by atoms with Gasteiger partial charge in [-0.05, 0) is 35.4 Å². The number of ether oxygens (including phenoxy) is 3. The van der Waals surface area contributed by atoms with Gasteiger partial charge in [0.2, 0.25) is 5.91 Å². The summed E-state index contributed by atoms with van der Waals surface area (Å²) in [5.41, 5.74) is 1.66. The van der Waals surface area contributed by atoms with Gasteiger partial charge in [-0.25, -0.2) is 0 Å². The standard InChI is InChI=1S/C19H19F2NO4/c1-22(12-14-4-7-16-17(10-14)25-9-8-24-16)18(23)11-13-2-5-15(6-3-13)26-19(20)21/h2-7,10,19H,8-9,11-12H2,1H3. The first kappa shape index (κ1) is 18.0. The number of carbonyl (C=O) groups excluding carboxylic acids is 1. The number of rotatable bonds is 6. The maximum absolute atomic E-state index is 12.4. The van der Waals surface area contributed by atoms with Gasteiger partial charge in [0.1, 0.15) is 19.0 Å². The summed E-state index contributed by atoms with van der Waals surface area (Å²) < 4.78 is 39.6. The van der Waals surface area contributed by atoms with Crippen LogP contribution in [0.3, 0.4) is 0 Å². The van der Waals surface area contributed by atoms with Gasteiger partial charge < -0.3 is 19.1 Å². The van der Waals surface area contributed by atoms with Gasteiger partial charge in [0, 0.05) is 13.6 Å². The minimum absolute atomic E-state index is 0.0702. The third-order valence-corrected chi connectivity index (χ3v) is 3.96. The lowest BCUT2D eigenvalue weighted by Crippen LogP contribution is -2.27. The Balaban J connectivity index is 1.57. The van der Waals surface area contributed by atoms with Crippen molar-refractivity contribution < 1.29 is 27.8 Å². The summed E-state index contributed by atoms with van der Waals surface area (Å²) in [4.78, 5) is 14.0. The van der Waals surface area contributed by atoms with E-state index < -0.39 is 6.61 Å². The van der Waals surface area contributed by atoms with Crippen LogP contribution < -0.4 is 14.2 Å². The second kappa shape index (κ2) is 8.03. The maximum atomic E-state index is 12.4. The minimum Gasteiger partial charge on any atom is -0.486 e. The highest BCUT2D eigenvalue weighted by molar-refractivity contribution is 5.78. The predicted octanol–water partition coefficient (Wildman–Crippen LogP) is 3.26. The van der Waals surface area contributed by atoms with Gasteiger partial charge in [-0.15, -0.1) is 0 Å². The molecule has 0 radical (unpaired) electrons. The molecule has 26 heavy (non-hydrogen) atoms. The van der Waals surface area contributed by atoms with E-state index in [1.165, 1.54) is 12.1 Å². The fourth-order valence-electron chi connectivity index (χ4n) is 2.65. The Hall–Kier alpha value is -2.83. The summed E-state index contributed by atoms with van der Waals surface area (Å²) >= 11 is 0. The van der Waals surface area contributed by atoms with Gasteiger partial charge >= 0.3 is 6.61 Å². The molecular weight excluding hydrogens is 344 g/mol. The summed E-state index contributed by atoms with van der Waals surface area (Å²) in [6.45, 7) is -1.38. The first-order valence-electron chi connectivity index (χ1n) is 8.17. The van der Waals surface area contributed by atoms with E-state index in [0.29, 0.717) is 31.3 Å². The number of nitrogens with zero attached hydrogens (tertiary/aromatic N) is 1. The molecule has 0 saturated carbocycles. The van der Waals surface area contributed by atoms with Gasteiger partial charge in [0.25, 0.3) is 0 Å². The average Bonchev–Trinajstić information content (AvgIpc) is 2.62. The van der Waals surface area contributed by atoms with Crippen LogP contribution in [0.15, 0.2) is 42.5 Å². The molecule has 0 aromatic heterocycles. The topological polar surface area (TPSA) is 48.0 Å². The quantitative estimate of drug-likeness (QED) is 0.790. The minimum atomic E-state index is -2.86. The van der Waals surface area contributed by atoms with Gasteiger partial charge in [0.05, 0.1) is 6.42 Å². The van der Waals surface area contributed by atoms with E-state index in [1.807, 2.05) is 18.2 Å². The average molecular weight is 363 g/mol. The largest absolute Gasteiger partial charge is 0.486 e. The van der Waals surface area contributed by atoms with Crippen LogP contribution in [-0.4, -0.2) is 37.7 Å². The van der Waals surface area contributed by atoms with Crippen molar-refractivity contribution in [1.29, 1.82) is 0 Å². The van der Waals surface area contributed by atoms with Crippen molar-refractivity contribution in [2.24, 2.45) is 0 Å². The first-order chi connectivity index (χ1) is 12.5. The predicted molar refractivity (Wildman–Crippen MR) is 90.7 cm³/mol. The zero-order chi connectivity index (χ0) is 18.5. The highest BCUT2D eigenvalue weighted by Gasteiger charge is 2.15. The molecular formula is C19H19F2NO4. The Labute approximate surface area is 150 Å². The van der Waals surface area contributed by atoms with Crippen LogP contribution in [0.2, 0.25) is 0 Å². The Morgan fingerprint density at radius 2 is 1.73 bits per heavy atom. The van der Waals surface area contributed by atoms with Gasteiger partial charge in [0.15, 0.2) is 11.5 Å². The second-order valence-corrected chi connectivity index (χ2v) is 5.93. The number of likely N-dealkylation sites (N-methyl/N-ethyl adjacent to an activating group) is 1. The summed E-state index contributed by atoms with van der Waals surface area (Å²) in [5, 5.41) is 0. The highest BCUT2D eigenvalue weighted by atomic mass is 19.3.